The second-order valence-electron chi connectivity index (χ2n) is 7.45. The maximum atomic E-state index is 13.3. The highest BCUT2D eigenvalue weighted by Crippen LogP contribution is 2.28. The zero-order valence-electron chi connectivity index (χ0n) is 16.8. The van der Waals surface area contributed by atoms with Gasteiger partial charge >= 0.3 is 11.6 Å². The summed E-state index contributed by atoms with van der Waals surface area (Å²) in [5.74, 6) is -3.15. The Labute approximate surface area is 182 Å². The molecule has 0 amide bonds. The van der Waals surface area contributed by atoms with Gasteiger partial charge in [0.15, 0.2) is 11.6 Å². The Hall–Kier alpha value is -3.11. The van der Waals surface area contributed by atoms with Gasteiger partial charge in [-0.05, 0) is 60.7 Å². The van der Waals surface area contributed by atoms with Crippen molar-refractivity contribution < 1.29 is 31.1 Å². The third-order valence-electron chi connectivity index (χ3n) is 5.25. The molecule has 0 unspecified atom stereocenters. The predicted octanol–water partition coefficient (Wildman–Crippen LogP) is 2.97. The van der Waals surface area contributed by atoms with Crippen LogP contribution in [0.5, 0.6) is 0 Å². The van der Waals surface area contributed by atoms with Gasteiger partial charge < -0.3 is 9.15 Å². The number of hydrogen-bond acceptors (Lipinski definition) is 6. The Morgan fingerprint density at radius 1 is 1.06 bits per heavy atom. The van der Waals surface area contributed by atoms with E-state index in [1.807, 2.05) is 12.1 Å². The molecule has 0 atom stereocenters. The molecule has 0 saturated carbocycles. The van der Waals surface area contributed by atoms with Gasteiger partial charge in [-0.25, -0.2) is 26.7 Å². The van der Waals surface area contributed by atoms with E-state index < -0.39 is 38.1 Å². The number of hydrogen-bond donors (Lipinski definition) is 1. The molecule has 3 aromatic rings. The molecular weight excluding hydrogens is 444 g/mol. The van der Waals surface area contributed by atoms with Crippen LogP contribution in [-0.4, -0.2) is 20.9 Å². The Kier molecular flexibility index (Phi) is 6.07. The van der Waals surface area contributed by atoms with Crippen LogP contribution in [0.4, 0.5) is 8.78 Å². The van der Waals surface area contributed by atoms with Gasteiger partial charge in [-0.2, -0.15) is 0 Å². The Balaban J connectivity index is 1.38. The molecule has 1 aromatic heterocycles. The number of sulfonamides is 1. The zero-order valence-corrected chi connectivity index (χ0v) is 17.6. The van der Waals surface area contributed by atoms with Crippen LogP contribution < -0.4 is 10.3 Å². The molecule has 4 rings (SSSR count). The van der Waals surface area contributed by atoms with Gasteiger partial charge in [0.25, 0.3) is 0 Å². The standard InChI is InChI=1S/C22H19F2NO6S/c23-18-5-4-16(11-19(18)24)32(28,29)25-7-6-21(26)30-12-15-10-22(27)31-20-9-14-3-1-2-13(14)8-17(15)20/h4-5,8-11,25H,1-3,6-7,12H2. The molecule has 1 aliphatic carbocycles. The molecule has 0 fully saturated rings. The van der Waals surface area contributed by atoms with Crippen molar-refractivity contribution in [2.75, 3.05) is 6.54 Å². The third-order valence-corrected chi connectivity index (χ3v) is 6.71. The number of aryl methyl sites for hydroxylation is 2. The summed E-state index contributed by atoms with van der Waals surface area (Å²) in [7, 11) is -4.12. The lowest BCUT2D eigenvalue weighted by Crippen LogP contribution is -2.27. The number of rotatable bonds is 7. The molecule has 0 bridgehead atoms. The van der Waals surface area contributed by atoms with Gasteiger partial charge in [0, 0.05) is 23.6 Å². The fourth-order valence-electron chi connectivity index (χ4n) is 3.66. The summed E-state index contributed by atoms with van der Waals surface area (Å²) in [5, 5.41) is 0.692. The predicted molar refractivity (Wildman–Crippen MR) is 110 cm³/mol. The largest absolute Gasteiger partial charge is 0.461 e. The smallest absolute Gasteiger partial charge is 0.336 e. The van der Waals surface area contributed by atoms with Crippen LogP contribution in [0.3, 0.4) is 0 Å². The summed E-state index contributed by atoms with van der Waals surface area (Å²) in [6.45, 7) is -0.471. The first-order chi connectivity index (χ1) is 15.2. The normalized spacial score (nSPS) is 13.3. The van der Waals surface area contributed by atoms with Crippen LogP contribution in [0.25, 0.3) is 11.0 Å². The number of fused-ring (bicyclic) bond motifs is 2. The van der Waals surface area contributed by atoms with Crippen molar-refractivity contribution in [3.8, 4) is 0 Å². The minimum absolute atomic E-state index is 0.171. The van der Waals surface area contributed by atoms with E-state index in [-0.39, 0.29) is 19.6 Å². The van der Waals surface area contributed by atoms with E-state index in [1.54, 1.807) is 0 Å². The molecule has 0 saturated heterocycles. The average molecular weight is 463 g/mol. The third kappa shape index (κ3) is 4.71. The van der Waals surface area contributed by atoms with Gasteiger partial charge in [-0.15, -0.1) is 0 Å². The van der Waals surface area contributed by atoms with E-state index in [2.05, 4.69) is 4.72 Å². The van der Waals surface area contributed by atoms with Crippen molar-refractivity contribution in [3.05, 3.63) is 75.1 Å². The van der Waals surface area contributed by atoms with Crippen molar-refractivity contribution >= 4 is 27.0 Å². The number of ether oxygens (including phenoxy) is 1. The first kappa shape index (κ1) is 22.1. The molecule has 1 heterocycles. The lowest BCUT2D eigenvalue weighted by Gasteiger charge is -2.10. The minimum Gasteiger partial charge on any atom is -0.461 e. The number of nitrogens with one attached hydrogen (secondary N) is 1. The van der Waals surface area contributed by atoms with Crippen molar-refractivity contribution in [1.82, 2.24) is 4.72 Å². The summed E-state index contributed by atoms with van der Waals surface area (Å²) in [5.41, 5.74) is 2.69. The topological polar surface area (TPSA) is 103 Å². The van der Waals surface area contributed by atoms with Crippen molar-refractivity contribution in [1.29, 1.82) is 0 Å². The van der Waals surface area contributed by atoms with E-state index in [0.29, 0.717) is 28.7 Å². The van der Waals surface area contributed by atoms with E-state index in [0.717, 1.165) is 30.9 Å². The van der Waals surface area contributed by atoms with E-state index >= 15 is 0 Å². The summed E-state index contributed by atoms with van der Waals surface area (Å²) in [4.78, 5) is 23.5. The summed E-state index contributed by atoms with van der Waals surface area (Å²) < 4.78 is 63.1. The van der Waals surface area contributed by atoms with Crippen molar-refractivity contribution in [2.24, 2.45) is 0 Å². The van der Waals surface area contributed by atoms with E-state index in [4.69, 9.17) is 9.15 Å². The van der Waals surface area contributed by atoms with Gasteiger partial charge in [0.1, 0.15) is 12.2 Å². The van der Waals surface area contributed by atoms with Gasteiger partial charge in [0.2, 0.25) is 10.0 Å². The minimum atomic E-state index is -4.12. The fourth-order valence-corrected chi connectivity index (χ4v) is 4.70. The molecule has 2 aromatic carbocycles. The Morgan fingerprint density at radius 2 is 1.81 bits per heavy atom. The number of halogens is 2. The molecule has 168 valence electrons. The molecule has 1 N–H and O–H groups in total. The van der Waals surface area contributed by atoms with Crippen LogP contribution in [0.1, 0.15) is 29.5 Å². The van der Waals surface area contributed by atoms with Gasteiger partial charge in [-0.3, -0.25) is 4.79 Å². The van der Waals surface area contributed by atoms with E-state index in [1.165, 1.54) is 11.6 Å². The molecular formula is C22H19F2NO6S. The first-order valence-corrected chi connectivity index (χ1v) is 11.4. The monoisotopic (exact) mass is 463 g/mol. The second kappa shape index (κ2) is 8.79. The SMILES string of the molecule is O=C(CCNS(=O)(=O)c1ccc(F)c(F)c1)OCc1cc(=O)oc2cc3c(cc12)CCC3. The Morgan fingerprint density at radius 3 is 2.56 bits per heavy atom. The van der Waals surface area contributed by atoms with Gasteiger partial charge in [0.05, 0.1) is 11.3 Å². The molecule has 0 spiro atoms. The van der Waals surface area contributed by atoms with E-state index in [9.17, 15) is 26.8 Å². The van der Waals surface area contributed by atoms with Crippen LogP contribution in [0.15, 0.2) is 50.5 Å². The highest BCUT2D eigenvalue weighted by atomic mass is 32.2. The average Bonchev–Trinajstić information content (AvgIpc) is 3.19. The zero-order chi connectivity index (χ0) is 22.9. The quantitative estimate of drug-likeness (QED) is 0.427. The van der Waals surface area contributed by atoms with Crippen molar-refractivity contribution in [2.45, 2.75) is 37.2 Å². The Bertz CT molecular complexity index is 1370. The van der Waals surface area contributed by atoms with Crippen LogP contribution >= 0.6 is 0 Å². The van der Waals surface area contributed by atoms with Crippen LogP contribution in [-0.2, 0) is 39.0 Å². The maximum absolute atomic E-state index is 13.3. The maximum Gasteiger partial charge on any atom is 0.336 e. The lowest BCUT2D eigenvalue weighted by molar-refractivity contribution is -0.144. The second-order valence-corrected chi connectivity index (χ2v) is 9.21. The number of carbonyl (C=O) groups excluding carboxylic acids is 1. The molecule has 1 aliphatic rings. The number of benzene rings is 2. The molecule has 7 nitrogen and oxygen atoms in total. The van der Waals surface area contributed by atoms with Crippen LogP contribution in [0.2, 0.25) is 0 Å². The molecule has 0 aliphatic heterocycles. The molecule has 10 heteroatoms. The summed E-state index contributed by atoms with van der Waals surface area (Å²) in [6, 6.07) is 7.23. The summed E-state index contributed by atoms with van der Waals surface area (Å²) in [6.07, 6.45) is 2.59. The number of esters is 1. The molecule has 32 heavy (non-hydrogen) atoms. The first-order valence-electron chi connectivity index (χ1n) is 9.92. The fraction of sp³-hybridized carbons (Fsp3) is 0.273. The number of carbonyl (C=O) groups is 1. The van der Waals surface area contributed by atoms with Gasteiger partial charge in [-0.1, -0.05) is 0 Å². The van der Waals surface area contributed by atoms with Crippen LogP contribution in [0, 0.1) is 11.6 Å². The highest BCUT2D eigenvalue weighted by Gasteiger charge is 2.18. The summed E-state index contributed by atoms with van der Waals surface area (Å²) >= 11 is 0. The molecule has 0 radical (unpaired) electrons. The van der Waals surface area contributed by atoms with Crippen molar-refractivity contribution in [3.63, 3.8) is 0 Å². The highest BCUT2D eigenvalue weighted by molar-refractivity contribution is 7.89. The lowest BCUT2D eigenvalue weighted by atomic mass is 10.0.